The van der Waals surface area contributed by atoms with Crippen molar-refractivity contribution in [3.8, 4) is 0 Å². The van der Waals surface area contributed by atoms with Crippen LogP contribution in [0, 0.1) is 0 Å². The van der Waals surface area contributed by atoms with Crippen LogP contribution in [0.3, 0.4) is 0 Å². The first-order valence-corrected chi connectivity index (χ1v) is 15.4. The minimum Gasteiger partial charge on any atom is -0.385 e. The first-order valence-electron chi connectivity index (χ1n) is 11.6. The van der Waals surface area contributed by atoms with Crippen molar-refractivity contribution in [1.82, 2.24) is 10.6 Å². The third-order valence-corrected chi connectivity index (χ3v) is 11.0. The Morgan fingerprint density at radius 2 is 1.37 bits per heavy atom. The zero-order valence-electron chi connectivity index (χ0n) is 22.7. The van der Waals surface area contributed by atoms with Gasteiger partial charge in [0.1, 0.15) is 0 Å². The zero-order chi connectivity index (χ0) is 26.8. The lowest BCUT2D eigenvalue weighted by Gasteiger charge is -2.39. The van der Waals surface area contributed by atoms with Gasteiger partial charge in [0.05, 0.1) is 0 Å². The summed E-state index contributed by atoms with van der Waals surface area (Å²) in [7, 11) is 2.10. The molecule has 15 heteroatoms. The van der Waals surface area contributed by atoms with Crippen LogP contribution >= 0.6 is 0 Å². The van der Waals surface area contributed by atoms with Crippen LogP contribution in [0.1, 0.15) is 33.6 Å². The van der Waals surface area contributed by atoms with E-state index in [2.05, 4.69) is 10.6 Å². The standard InChI is InChI=1S/C20H46N2O11Si2/c1-10-30-35(31-11-2,32-12-3)19(33-34(28-8,29-9)17-13-16-24-4)22-18(23)21-15-14-20(25-5,26-6)27-7/h19H,10-17H2,1-9H3,(H2,21,22,23). The van der Waals surface area contributed by atoms with Crippen LogP contribution in [0.4, 0.5) is 4.79 Å². The predicted octanol–water partition coefficient (Wildman–Crippen LogP) is 1.47. The number of hydrogen-bond acceptors (Lipinski definition) is 11. The van der Waals surface area contributed by atoms with Crippen LogP contribution in [-0.4, -0.2) is 111 Å². The minimum atomic E-state index is -3.60. The number of ether oxygens (including phenoxy) is 4. The molecule has 2 N–H and O–H groups in total. The average Bonchev–Trinajstić information content (AvgIpc) is 2.86. The fourth-order valence-corrected chi connectivity index (χ4v) is 8.47. The molecule has 0 aromatic heterocycles. The molecule has 0 spiro atoms. The van der Waals surface area contributed by atoms with Crippen LogP contribution in [0.25, 0.3) is 0 Å². The van der Waals surface area contributed by atoms with E-state index in [4.69, 9.17) is 45.5 Å². The maximum atomic E-state index is 12.9. The van der Waals surface area contributed by atoms with Crippen molar-refractivity contribution in [3.05, 3.63) is 0 Å². The highest BCUT2D eigenvalue weighted by molar-refractivity contribution is 6.66. The van der Waals surface area contributed by atoms with E-state index in [-0.39, 0.29) is 32.8 Å². The van der Waals surface area contributed by atoms with Crippen LogP contribution in [0.2, 0.25) is 6.04 Å². The average molecular weight is 547 g/mol. The number of nitrogens with one attached hydrogen (secondary N) is 2. The molecule has 0 saturated heterocycles. The van der Waals surface area contributed by atoms with Crippen molar-refractivity contribution < 1.29 is 50.3 Å². The summed E-state index contributed by atoms with van der Waals surface area (Å²) < 4.78 is 56.7. The summed E-state index contributed by atoms with van der Waals surface area (Å²) in [6, 6.07) is -0.101. The summed E-state index contributed by atoms with van der Waals surface area (Å²) >= 11 is 0. The second kappa shape index (κ2) is 18.5. The van der Waals surface area contributed by atoms with Gasteiger partial charge in [-0.25, -0.2) is 4.79 Å². The van der Waals surface area contributed by atoms with Crippen molar-refractivity contribution in [2.24, 2.45) is 0 Å². The second-order valence-electron chi connectivity index (χ2n) is 7.03. The second-order valence-corrected chi connectivity index (χ2v) is 12.5. The Balaban J connectivity index is 5.86. The lowest BCUT2D eigenvalue weighted by atomic mass is 10.3. The summed E-state index contributed by atoms with van der Waals surface area (Å²) in [5, 5.41) is 5.55. The normalized spacial score (nSPS) is 13.6. The number of hydrogen-bond donors (Lipinski definition) is 2. The molecule has 35 heavy (non-hydrogen) atoms. The summed E-state index contributed by atoms with van der Waals surface area (Å²) in [6.45, 7) is 6.95. The van der Waals surface area contributed by atoms with E-state index in [0.717, 1.165) is 0 Å². The highest BCUT2D eigenvalue weighted by Crippen LogP contribution is 2.24. The number of urea groups is 1. The number of amides is 2. The summed E-state index contributed by atoms with van der Waals surface area (Å²) in [5.41, 5.74) is 0. The predicted molar refractivity (Wildman–Crippen MR) is 131 cm³/mol. The molecule has 0 aromatic carbocycles. The number of methoxy groups -OCH3 is 4. The summed E-state index contributed by atoms with van der Waals surface area (Å²) in [4.78, 5) is 12.9. The fraction of sp³-hybridized carbons (Fsp3) is 0.950. The third-order valence-electron chi connectivity index (χ3n) is 5.02. The first kappa shape index (κ1) is 34.3. The molecule has 13 nitrogen and oxygen atoms in total. The van der Waals surface area contributed by atoms with E-state index in [1.54, 1.807) is 7.11 Å². The van der Waals surface area contributed by atoms with Gasteiger partial charge in [-0.15, -0.1) is 0 Å². The SMILES string of the molecule is CCO[Si](OCC)(OCC)C(NC(=O)NCCC(OC)(OC)OC)O[Si](CCCOC)(OC)OC. The van der Waals surface area contributed by atoms with E-state index in [9.17, 15) is 4.79 Å². The molecular weight excluding hydrogens is 500 g/mol. The van der Waals surface area contributed by atoms with Crippen molar-refractivity contribution in [2.45, 2.75) is 51.5 Å². The van der Waals surface area contributed by atoms with Gasteiger partial charge in [0, 0.05) is 88.1 Å². The third kappa shape index (κ3) is 11.1. The molecule has 210 valence electrons. The molecule has 0 saturated carbocycles. The molecule has 0 aliphatic carbocycles. The molecular formula is C20H46N2O11Si2. The highest BCUT2D eigenvalue weighted by atomic mass is 28.4. The van der Waals surface area contributed by atoms with E-state index >= 15 is 0 Å². The Hall–Kier alpha value is -0.696. The van der Waals surface area contributed by atoms with Crippen LogP contribution in [0.5, 0.6) is 0 Å². The van der Waals surface area contributed by atoms with Gasteiger partial charge in [-0.05, 0) is 27.2 Å². The maximum absolute atomic E-state index is 12.9. The van der Waals surface area contributed by atoms with Gasteiger partial charge in [0.15, 0.2) is 5.85 Å². The number of carbonyl (C=O) groups is 1. The molecule has 0 radical (unpaired) electrons. The smallest absolute Gasteiger partial charge is 0.385 e. The fourth-order valence-electron chi connectivity index (χ4n) is 3.26. The lowest BCUT2D eigenvalue weighted by Crippen LogP contribution is -2.68. The van der Waals surface area contributed by atoms with E-state index in [1.165, 1.54) is 35.5 Å². The van der Waals surface area contributed by atoms with Crippen LogP contribution < -0.4 is 10.6 Å². The Morgan fingerprint density at radius 1 is 0.857 bits per heavy atom. The monoisotopic (exact) mass is 546 g/mol. The van der Waals surface area contributed by atoms with Crippen LogP contribution in [-0.2, 0) is 45.5 Å². The van der Waals surface area contributed by atoms with E-state index in [0.29, 0.717) is 19.1 Å². The number of carbonyl (C=O) groups excluding carboxylic acids is 1. The minimum absolute atomic E-state index is 0.172. The molecule has 0 fully saturated rings. The Labute approximate surface area is 212 Å². The summed E-state index contributed by atoms with van der Waals surface area (Å²) in [6.07, 6.45) is 0.856. The Bertz CT molecular complexity index is 530. The maximum Gasteiger partial charge on any atom is 0.552 e. The molecule has 0 aromatic rings. The molecule has 0 rings (SSSR count). The van der Waals surface area contributed by atoms with Gasteiger partial charge in [-0.3, -0.25) is 0 Å². The van der Waals surface area contributed by atoms with Gasteiger partial charge in [0.25, 0.3) is 5.97 Å². The first-order chi connectivity index (χ1) is 16.8. The van der Waals surface area contributed by atoms with Gasteiger partial charge < -0.3 is 56.1 Å². The Kier molecular flexibility index (Phi) is 18.2. The quantitative estimate of drug-likeness (QED) is 0.116. The van der Waals surface area contributed by atoms with Crippen molar-refractivity contribution in [1.29, 1.82) is 0 Å². The molecule has 0 heterocycles. The van der Waals surface area contributed by atoms with Gasteiger partial charge >= 0.3 is 23.6 Å². The zero-order valence-corrected chi connectivity index (χ0v) is 24.7. The van der Waals surface area contributed by atoms with Crippen molar-refractivity contribution >= 4 is 23.6 Å². The molecule has 2 amide bonds. The van der Waals surface area contributed by atoms with Gasteiger partial charge in [0.2, 0.25) is 0 Å². The topological polar surface area (TPSA) is 133 Å². The Morgan fingerprint density at radius 3 is 1.77 bits per heavy atom. The summed E-state index contributed by atoms with van der Waals surface area (Å²) in [5.74, 6) is -2.38. The largest absolute Gasteiger partial charge is 0.552 e. The molecule has 0 aliphatic heterocycles. The lowest BCUT2D eigenvalue weighted by molar-refractivity contribution is -0.353. The van der Waals surface area contributed by atoms with Crippen LogP contribution in [0.15, 0.2) is 0 Å². The molecule has 1 unspecified atom stereocenters. The van der Waals surface area contributed by atoms with Gasteiger partial charge in [-0.1, -0.05) is 0 Å². The molecule has 0 bridgehead atoms. The van der Waals surface area contributed by atoms with E-state index in [1.807, 2.05) is 20.8 Å². The van der Waals surface area contributed by atoms with Crippen molar-refractivity contribution in [3.63, 3.8) is 0 Å². The molecule has 1 atom stereocenters. The number of rotatable bonds is 22. The molecule has 0 aliphatic rings. The van der Waals surface area contributed by atoms with E-state index < -0.39 is 35.5 Å². The van der Waals surface area contributed by atoms with Crippen molar-refractivity contribution in [2.75, 3.05) is 75.6 Å². The highest BCUT2D eigenvalue weighted by Gasteiger charge is 2.56. The van der Waals surface area contributed by atoms with Gasteiger partial charge in [-0.2, -0.15) is 0 Å².